The smallest absolute Gasteiger partial charge is 0.320 e. The Balaban J connectivity index is 1.89. The summed E-state index contributed by atoms with van der Waals surface area (Å²) in [4.78, 5) is 15.2. The first-order chi connectivity index (χ1) is 8.08. The van der Waals surface area contributed by atoms with Crippen molar-refractivity contribution >= 4 is 5.97 Å². The van der Waals surface area contributed by atoms with Crippen LogP contribution in [-0.2, 0) is 11.3 Å². The molecule has 0 amide bonds. The zero-order valence-electron chi connectivity index (χ0n) is 10.0. The van der Waals surface area contributed by atoms with Gasteiger partial charge < -0.3 is 9.63 Å². The molecular weight excluding hydrogens is 222 g/mol. The molecule has 1 unspecified atom stereocenters. The van der Waals surface area contributed by atoms with Crippen LogP contribution < -0.4 is 5.32 Å². The zero-order chi connectivity index (χ0) is 12.4. The van der Waals surface area contributed by atoms with Crippen molar-refractivity contribution in [3.63, 3.8) is 0 Å². The van der Waals surface area contributed by atoms with Gasteiger partial charge in [-0.2, -0.15) is 4.98 Å². The number of aromatic nitrogens is 2. The van der Waals surface area contributed by atoms with Gasteiger partial charge in [0.25, 0.3) is 0 Å². The number of nitrogens with one attached hydrogen (secondary N) is 1. The predicted molar refractivity (Wildman–Crippen MR) is 59.4 cm³/mol. The second-order valence-electron chi connectivity index (χ2n) is 4.76. The van der Waals surface area contributed by atoms with Crippen molar-refractivity contribution in [3.8, 4) is 0 Å². The van der Waals surface area contributed by atoms with Crippen LogP contribution in [-0.4, -0.2) is 27.3 Å². The van der Waals surface area contributed by atoms with Gasteiger partial charge in [0.2, 0.25) is 5.89 Å². The lowest BCUT2D eigenvalue weighted by Crippen LogP contribution is -2.40. The molecule has 0 saturated heterocycles. The van der Waals surface area contributed by atoms with E-state index in [4.69, 9.17) is 9.63 Å². The zero-order valence-corrected chi connectivity index (χ0v) is 10.0. The molecule has 94 valence electrons. The first kappa shape index (κ1) is 12.0. The molecule has 1 aliphatic rings. The largest absolute Gasteiger partial charge is 0.480 e. The Hall–Kier alpha value is -1.43. The van der Waals surface area contributed by atoms with E-state index >= 15 is 0 Å². The van der Waals surface area contributed by atoms with Crippen LogP contribution >= 0.6 is 0 Å². The van der Waals surface area contributed by atoms with Gasteiger partial charge >= 0.3 is 5.97 Å². The lowest BCUT2D eigenvalue weighted by atomic mass is 10.1. The highest BCUT2D eigenvalue weighted by atomic mass is 16.5. The van der Waals surface area contributed by atoms with Crippen LogP contribution in [0.5, 0.6) is 0 Å². The minimum atomic E-state index is -0.856. The molecule has 1 heterocycles. The topological polar surface area (TPSA) is 88.3 Å². The SMILES string of the molecule is CC(C)C(NCc1noc(C2CC2)n1)C(=O)O. The van der Waals surface area contributed by atoms with Crippen LogP contribution in [0.2, 0.25) is 0 Å². The monoisotopic (exact) mass is 239 g/mol. The number of aliphatic carboxylic acids is 1. The van der Waals surface area contributed by atoms with E-state index in [1.54, 1.807) is 0 Å². The number of rotatable bonds is 6. The van der Waals surface area contributed by atoms with E-state index in [1.165, 1.54) is 0 Å². The third-order valence-corrected chi connectivity index (χ3v) is 2.82. The van der Waals surface area contributed by atoms with Gasteiger partial charge in [-0.1, -0.05) is 19.0 Å². The second kappa shape index (κ2) is 4.83. The fourth-order valence-corrected chi connectivity index (χ4v) is 1.64. The molecule has 1 aliphatic carbocycles. The minimum Gasteiger partial charge on any atom is -0.480 e. The normalized spacial score (nSPS) is 17.4. The number of nitrogens with zero attached hydrogens (tertiary/aromatic N) is 2. The average molecular weight is 239 g/mol. The predicted octanol–water partition coefficient (Wildman–Crippen LogP) is 1.15. The molecule has 0 bridgehead atoms. The van der Waals surface area contributed by atoms with Crippen molar-refractivity contribution in [2.24, 2.45) is 5.92 Å². The molecule has 6 heteroatoms. The summed E-state index contributed by atoms with van der Waals surface area (Å²) in [6, 6.07) is -0.585. The molecule has 1 atom stereocenters. The van der Waals surface area contributed by atoms with Gasteiger partial charge in [0, 0.05) is 5.92 Å². The first-order valence-electron chi connectivity index (χ1n) is 5.86. The van der Waals surface area contributed by atoms with E-state index in [-0.39, 0.29) is 5.92 Å². The molecule has 1 fully saturated rings. The van der Waals surface area contributed by atoms with E-state index < -0.39 is 12.0 Å². The molecule has 17 heavy (non-hydrogen) atoms. The summed E-state index contributed by atoms with van der Waals surface area (Å²) in [7, 11) is 0. The van der Waals surface area contributed by atoms with Crippen molar-refractivity contribution in [2.45, 2.75) is 45.2 Å². The Morgan fingerprint density at radius 1 is 1.59 bits per heavy atom. The Morgan fingerprint density at radius 2 is 2.29 bits per heavy atom. The van der Waals surface area contributed by atoms with Crippen molar-refractivity contribution in [3.05, 3.63) is 11.7 Å². The summed E-state index contributed by atoms with van der Waals surface area (Å²) in [5.74, 6) is 0.793. The lowest BCUT2D eigenvalue weighted by molar-refractivity contribution is -0.140. The highest BCUT2D eigenvalue weighted by Gasteiger charge is 2.29. The van der Waals surface area contributed by atoms with Gasteiger partial charge in [-0.25, -0.2) is 0 Å². The summed E-state index contributed by atoms with van der Waals surface area (Å²) in [5.41, 5.74) is 0. The number of hydrogen-bond acceptors (Lipinski definition) is 5. The van der Waals surface area contributed by atoms with Crippen LogP contribution in [0.1, 0.15) is 44.3 Å². The van der Waals surface area contributed by atoms with Crippen LogP contribution in [0, 0.1) is 5.92 Å². The summed E-state index contributed by atoms with van der Waals surface area (Å²) in [6.07, 6.45) is 2.22. The van der Waals surface area contributed by atoms with Gasteiger partial charge in [0.15, 0.2) is 5.82 Å². The molecule has 0 aromatic carbocycles. The minimum absolute atomic E-state index is 0.0160. The van der Waals surface area contributed by atoms with Crippen LogP contribution in [0.15, 0.2) is 4.52 Å². The van der Waals surface area contributed by atoms with Gasteiger partial charge in [-0.15, -0.1) is 0 Å². The quantitative estimate of drug-likeness (QED) is 0.774. The molecule has 1 aromatic heterocycles. The number of hydrogen-bond donors (Lipinski definition) is 2. The van der Waals surface area contributed by atoms with Crippen LogP contribution in [0.4, 0.5) is 0 Å². The third-order valence-electron chi connectivity index (χ3n) is 2.82. The van der Waals surface area contributed by atoms with Gasteiger partial charge in [-0.3, -0.25) is 10.1 Å². The molecule has 0 spiro atoms. The Bertz CT molecular complexity index is 398. The van der Waals surface area contributed by atoms with E-state index in [9.17, 15) is 4.79 Å². The van der Waals surface area contributed by atoms with Crippen LogP contribution in [0.3, 0.4) is 0 Å². The summed E-state index contributed by atoms with van der Waals surface area (Å²) in [6.45, 7) is 4.04. The van der Waals surface area contributed by atoms with Gasteiger partial charge in [0.1, 0.15) is 6.04 Å². The van der Waals surface area contributed by atoms with Crippen molar-refractivity contribution in [1.29, 1.82) is 0 Å². The molecule has 2 N–H and O–H groups in total. The van der Waals surface area contributed by atoms with Gasteiger partial charge in [0.05, 0.1) is 6.54 Å². The summed E-state index contributed by atoms with van der Waals surface area (Å²) < 4.78 is 5.09. The van der Waals surface area contributed by atoms with Crippen molar-refractivity contribution < 1.29 is 14.4 Å². The third kappa shape index (κ3) is 3.03. The standard InChI is InChI=1S/C11H17N3O3/c1-6(2)9(11(15)16)12-5-8-13-10(17-14-8)7-3-4-7/h6-7,9,12H,3-5H2,1-2H3,(H,15,16). The maximum atomic E-state index is 11.0. The molecule has 0 radical (unpaired) electrons. The molecule has 2 rings (SSSR count). The number of carboxylic acids is 1. The maximum absolute atomic E-state index is 11.0. The van der Waals surface area contributed by atoms with E-state index in [0.29, 0.717) is 24.2 Å². The first-order valence-corrected chi connectivity index (χ1v) is 5.86. The molecule has 6 nitrogen and oxygen atoms in total. The Labute approximate surface area is 99.4 Å². The number of carboxylic acid groups (broad SMARTS) is 1. The fraction of sp³-hybridized carbons (Fsp3) is 0.727. The summed E-state index contributed by atoms with van der Waals surface area (Å²) >= 11 is 0. The highest BCUT2D eigenvalue weighted by Crippen LogP contribution is 2.38. The fourth-order valence-electron chi connectivity index (χ4n) is 1.64. The number of carbonyl (C=O) groups is 1. The van der Waals surface area contributed by atoms with Gasteiger partial charge in [-0.05, 0) is 18.8 Å². The second-order valence-corrected chi connectivity index (χ2v) is 4.76. The van der Waals surface area contributed by atoms with E-state index in [2.05, 4.69) is 15.5 Å². The van der Waals surface area contributed by atoms with E-state index in [0.717, 1.165) is 12.8 Å². The van der Waals surface area contributed by atoms with Crippen molar-refractivity contribution in [1.82, 2.24) is 15.5 Å². The van der Waals surface area contributed by atoms with Crippen molar-refractivity contribution in [2.75, 3.05) is 0 Å². The molecule has 0 aliphatic heterocycles. The lowest BCUT2D eigenvalue weighted by Gasteiger charge is -2.16. The Kier molecular flexibility index (Phi) is 3.42. The summed E-state index contributed by atoms with van der Waals surface area (Å²) in [5, 5.41) is 15.7. The van der Waals surface area contributed by atoms with E-state index in [1.807, 2.05) is 13.8 Å². The molecule has 1 saturated carbocycles. The maximum Gasteiger partial charge on any atom is 0.320 e. The van der Waals surface area contributed by atoms with Crippen LogP contribution in [0.25, 0.3) is 0 Å². The molecular formula is C11H17N3O3. The highest BCUT2D eigenvalue weighted by molar-refractivity contribution is 5.73. The Morgan fingerprint density at radius 3 is 2.82 bits per heavy atom. The molecule has 1 aromatic rings. The average Bonchev–Trinajstić information content (AvgIpc) is 2.99.